The van der Waals surface area contributed by atoms with Crippen molar-refractivity contribution >= 4 is 17.5 Å². The van der Waals surface area contributed by atoms with Gasteiger partial charge in [0.1, 0.15) is 11.6 Å². The zero-order valence-corrected chi connectivity index (χ0v) is 16.3. The normalized spacial score (nSPS) is 22.7. The summed E-state index contributed by atoms with van der Waals surface area (Å²) in [6.45, 7) is 0.439. The van der Waals surface area contributed by atoms with Gasteiger partial charge in [-0.05, 0) is 56.7 Å². The Morgan fingerprint density at radius 2 is 1.97 bits per heavy atom. The second-order valence-electron chi connectivity index (χ2n) is 8.21. The Labute approximate surface area is 169 Å². The van der Waals surface area contributed by atoms with Gasteiger partial charge >= 0.3 is 0 Å². The molecule has 0 aliphatic heterocycles. The first-order valence-corrected chi connectivity index (χ1v) is 10.1. The SMILES string of the molecule is NC(=O)C1(CNc2cccc(-c3cc(N[C@H]4CC[C@H](N)CC4)ncc3F)n2)CC1. The fourth-order valence-corrected chi connectivity index (χ4v) is 3.79. The maximum Gasteiger partial charge on any atom is 0.225 e. The molecule has 2 aliphatic carbocycles. The molecule has 2 aromatic rings. The van der Waals surface area contributed by atoms with Crippen LogP contribution in [0.4, 0.5) is 16.0 Å². The lowest BCUT2D eigenvalue weighted by Gasteiger charge is -2.27. The topological polar surface area (TPSA) is 119 Å². The molecule has 29 heavy (non-hydrogen) atoms. The molecule has 0 spiro atoms. The number of hydrogen-bond donors (Lipinski definition) is 4. The van der Waals surface area contributed by atoms with Crippen LogP contribution in [0.1, 0.15) is 38.5 Å². The lowest BCUT2D eigenvalue weighted by Crippen LogP contribution is -2.33. The van der Waals surface area contributed by atoms with E-state index in [9.17, 15) is 9.18 Å². The molecule has 0 saturated heterocycles. The summed E-state index contributed by atoms with van der Waals surface area (Å²) in [7, 11) is 0. The first-order valence-electron chi connectivity index (χ1n) is 10.1. The van der Waals surface area contributed by atoms with Crippen LogP contribution in [0.25, 0.3) is 11.3 Å². The van der Waals surface area contributed by atoms with Gasteiger partial charge in [-0.25, -0.2) is 14.4 Å². The molecule has 6 N–H and O–H groups in total. The van der Waals surface area contributed by atoms with Gasteiger partial charge in [-0.2, -0.15) is 0 Å². The molecule has 2 heterocycles. The number of amides is 1. The highest BCUT2D eigenvalue weighted by atomic mass is 19.1. The van der Waals surface area contributed by atoms with Crippen LogP contribution in [0.15, 0.2) is 30.5 Å². The van der Waals surface area contributed by atoms with E-state index in [-0.39, 0.29) is 11.9 Å². The number of anilines is 2. The fraction of sp³-hybridized carbons (Fsp3) is 0.476. The predicted octanol–water partition coefficient (Wildman–Crippen LogP) is 2.64. The molecular formula is C21H27FN6O. The minimum atomic E-state index is -0.473. The van der Waals surface area contributed by atoms with Crippen LogP contribution < -0.4 is 22.1 Å². The summed E-state index contributed by atoms with van der Waals surface area (Å²) < 4.78 is 14.5. The highest BCUT2D eigenvalue weighted by Crippen LogP contribution is 2.45. The van der Waals surface area contributed by atoms with Crippen molar-refractivity contribution < 1.29 is 9.18 Å². The molecule has 0 radical (unpaired) electrons. The van der Waals surface area contributed by atoms with Crippen LogP contribution in [0, 0.1) is 11.2 Å². The van der Waals surface area contributed by atoms with Gasteiger partial charge in [0.05, 0.1) is 17.3 Å². The highest BCUT2D eigenvalue weighted by molar-refractivity contribution is 5.84. The Hall–Kier alpha value is -2.74. The van der Waals surface area contributed by atoms with Crippen molar-refractivity contribution in [3.05, 3.63) is 36.3 Å². The average molecular weight is 398 g/mol. The number of halogens is 1. The molecule has 2 aliphatic rings. The number of pyridine rings is 2. The number of nitrogens with zero attached hydrogens (tertiary/aromatic N) is 2. The number of carbonyl (C=O) groups is 1. The van der Waals surface area contributed by atoms with Gasteiger partial charge in [-0.3, -0.25) is 4.79 Å². The Kier molecular flexibility index (Phi) is 5.36. The number of rotatable bonds is 7. The monoisotopic (exact) mass is 398 g/mol. The van der Waals surface area contributed by atoms with E-state index >= 15 is 0 Å². The minimum absolute atomic E-state index is 0.272. The van der Waals surface area contributed by atoms with Crippen LogP contribution in [0.5, 0.6) is 0 Å². The summed E-state index contributed by atoms with van der Waals surface area (Å²) in [6, 6.07) is 7.63. The van der Waals surface area contributed by atoms with E-state index < -0.39 is 11.2 Å². The van der Waals surface area contributed by atoms with Crippen molar-refractivity contribution in [2.75, 3.05) is 17.2 Å². The standard InChI is InChI=1S/C21H27FN6O/c22-16-11-25-19(27-14-6-4-13(23)5-7-14)10-15(16)17-2-1-3-18(28-17)26-12-21(8-9-21)20(24)29/h1-3,10-11,13-14H,4-9,12,23H2,(H2,24,29)(H,25,27)(H,26,28)/t13-,14-. The van der Waals surface area contributed by atoms with Gasteiger partial charge < -0.3 is 22.1 Å². The molecule has 2 aromatic heterocycles. The van der Waals surface area contributed by atoms with Crippen molar-refractivity contribution in [3.63, 3.8) is 0 Å². The number of nitrogens with one attached hydrogen (secondary N) is 2. The van der Waals surface area contributed by atoms with Crippen LogP contribution >= 0.6 is 0 Å². The maximum absolute atomic E-state index is 14.5. The Morgan fingerprint density at radius 3 is 2.66 bits per heavy atom. The van der Waals surface area contributed by atoms with E-state index in [4.69, 9.17) is 11.5 Å². The van der Waals surface area contributed by atoms with Crippen molar-refractivity contribution in [3.8, 4) is 11.3 Å². The van der Waals surface area contributed by atoms with Crippen molar-refractivity contribution in [1.82, 2.24) is 9.97 Å². The Bertz CT molecular complexity index is 892. The number of carbonyl (C=O) groups excluding carboxylic acids is 1. The van der Waals surface area contributed by atoms with E-state index in [1.54, 1.807) is 18.2 Å². The van der Waals surface area contributed by atoms with E-state index in [1.807, 2.05) is 6.07 Å². The van der Waals surface area contributed by atoms with Crippen LogP contribution in [-0.4, -0.2) is 34.5 Å². The number of aromatic nitrogens is 2. The summed E-state index contributed by atoms with van der Waals surface area (Å²) >= 11 is 0. The molecule has 0 bridgehead atoms. The van der Waals surface area contributed by atoms with Crippen molar-refractivity contribution in [2.24, 2.45) is 16.9 Å². The van der Waals surface area contributed by atoms with Crippen molar-refractivity contribution in [1.29, 1.82) is 0 Å². The quantitative estimate of drug-likeness (QED) is 0.569. The Balaban J connectivity index is 1.48. The smallest absolute Gasteiger partial charge is 0.225 e. The number of nitrogens with two attached hydrogens (primary N) is 2. The van der Waals surface area contributed by atoms with Gasteiger partial charge in [-0.15, -0.1) is 0 Å². The zero-order chi connectivity index (χ0) is 20.4. The van der Waals surface area contributed by atoms with Gasteiger partial charge in [0, 0.05) is 24.2 Å². The molecule has 0 atom stereocenters. The van der Waals surface area contributed by atoms with Crippen LogP contribution in [0.3, 0.4) is 0 Å². The van der Waals surface area contributed by atoms with E-state index in [2.05, 4.69) is 20.6 Å². The first-order chi connectivity index (χ1) is 13.9. The third kappa shape index (κ3) is 4.48. The largest absolute Gasteiger partial charge is 0.369 e. The lowest BCUT2D eigenvalue weighted by molar-refractivity contribution is -0.122. The summed E-state index contributed by atoms with van der Waals surface area (Å²) in [6.07, 6.45) is 6.72. The lowest BCUT2D eigenvalue weighted by atomic mass is 9.92. The zero-order valence-electron chi connectivity index (χ0n) is 16.3. The fourth-order valence-electron chi connectivity index (χ4n) is 3.79. The van der Waals surface area contributed by atoms with E-state index in [1.165, 1.54) is 6.20 Å². The molecular weight excluding hydrogens is 371 g/mol. The third-order valence-corrected chi connectivity index (χ3v) is 5.99. The molecule has 4 rings (SSSR count). The second-order valence-corrected chi connectivity index (χ2v) is 8.21. The summed E-state index contributed by atoms with van der Waals surface area (Å²) in [5, 5.41) is 6.56. The molecule has 0 aromatic carbocycles. The summed E-state index contributed by atoms with van der Waals surface area (Å²) in [4.78, 5) is 20.2. The summed E-state index contributed by atoms with van der Waals surface area (Å²) in [5.74, 6) is 0.497. The van der Waals surface area contributed by atoms with Gasteiger partial charge in [0.25, 0.3) is 0 Å². The van der Waals surface area contributed by atoms with Gasteiger partial charge in [0.15, 0.2) is 5.82 Å². The number of primary amides is 1. The Morgan fingerprint density at radius 1 is 1.21 bits per heavy atom. The predicted molar refractivity (Wildman–Crippen MR) is 111 cm³/mol. The molecule has 154 valence electrons. The van der Waals surface area contributed by atoms with Gasteiger partial charge in [0.2, 0.25) is 5.91 Å². The summed E-state index contributed by atoms with van der Waals surface area (Å²) in [5.41, 5.74) is 11.9. The van der Waals surface area contributed by atoms with E-state index in [0.29, 0.717) is 35.5 Å². The first kappa shape index (κ1) is 19.6. The van der Waals surface area contributed by atoms with Crippen molar-refractivity contribution in [2.45, 2.75) is 50.6 Å². The highest BCUT2D eigenvalue weighted by Gasteiger charge is 2.48. The van der Waals surface area contributed by atoms with Crippen LogP contribution in [-0.2, 0) is 4.79 Å². The molecule has 2 saturated carbocycles. The molecule has 7 nitrogen and oxygen atoms in total. The van der Waals surface area contributed by atoms with E-state index in [0.717, 1.165) is 38.5 Å². The average Bonchev–Trinajstić information content (AvgIpc) is 3.51. The van der Waals surface area contributed by atoms with Crippen LogP contribution in [0.2, 0.25) is 0 Å². The minimum Gasteiger partial charge on any atom is -0.369 e. The molecule has 1 amide bonds. The third-order valence-electron chi connectivity index (χ3n) is 5.99. The molecule has 2 fully saturated rings. The van der Waals surface area contributed by atoms with Gasteiger partial charge in [-0.1, -0.05) is 6.07 Å². The molecule has 0 unspecified atom stereocenters. The number of hydrogen-bond acceptors (Lipinski definition) is 6. The molecule has 8 heteroatoms. The maximum atomic E-state index is 14.5. The second kappa shape index (κ2) is 7.94.